The molecule has 0 radical (unpaired) electrons. The first-order chi connectivity index (χ1) is 9.94. The lowest BCUT2D eigenvalue weighted by Crippen LogP contribution is -2.39. The van der Waals surface area contributed by atoms with E-state index in [1.165, 1.54) is 19.2 Å². The fourth-order valence-corrected chi connectivity index (χ4v) is 2.39. The van der Waals surface area contributed by atoms with Gasteiger partial charge in [-0.05, 0) is 18.2 Å². The molecule has 0 fully saturated rings. The average molecular weight is 407 g/mol. The molecule has 1 rings (SSSR count). The summed E-state index contributed by atoms with van der Waals surface area (Å²) in [5.74, 6) is -3.29. The molecule has 1 aromatic carbocycles. The van der Waals surface area contributed by atoms with Gasteiger partial charge in [-0.1, -0.05) is 15.9 Å². The van der Waals surface area contributed by atoms with Gasteiger partial charge in [0, 0.05) is 4.47 Å². The number of carbonyl (C=O) groups is 1. The van der Waals surface area contributed by atoms with Crippen LogP contribution in [-0.2, 0) is 14.9 Å². The molecule has 0 bridgehead atoms. The quantitative estimate of drug-likeness (QED) is 0.596. The fraction of sp³-hybridized carbons (Fsp3) is 0.364. The molecule has 0 aliphatic rings. The Labute approximate surface area is 132 Å². The molecule has 0 heterocycles. The van der Waals surface area contributed by atoms with Gasteiger partial charge in [0.1, 0.15) is 17.1 Å². The van der Waals surface area contributed by atoms with Gasteiger partial charge in [0.2, 0.25) is 6.10 Å². The van der Waals surface area contributed by atoms with Crippen molar-refractivity contribution in [2.45, 2.75) is 12.3 Å². The predicted molar refractivity (Wildman–Crippen MR) is 72.4 cm³/mol. The second kappa shape index (κ2) is 6.84. The van der Waals surface area contributed by atoms with Crippen LogP contribution in [0, 0.1) is 0 Å². The highest BCUT2D eigenvalue weighted by molar-refractivity contribution is 9.10. The van der Waals surface area contributed by atoms with Gasteiger partial charge in [0.25, 0.3) is 10.1 Å². The molecule has 1 aromatic rings. The maximum atomic E-state index is 12.7. The maximum Gasteiger partial charge on any atom is 0.426 e. The summed E-state index contributed by atoms with van der Waals surface area (Å²) in [5, 5.41) is 0. The van der Waals surface area contributed by atoms with E-state index in [9.17, 15) is 26.4 Å². The van der Waals surface area contributed by atoms with Crippen LogP contribution in [0.15, 0.2) is 22.7 Å². The minimum absolute atomic E-state index is 0.0628. The number of alkyl halides is 3. The maximum absolute atomic E-state index is 12.7. The van der Waals surface area contributed by atoms with E-state index >= 15 is 0 Å². The normalized spacial score (nSPS) is 13.5. The van der Waals surface area contributed by atoms with Gasteiger partial charge >= 0.3 is 12.1 Å². The standard InChI is InChI=1S/C11H10BrF3O6S/c1-20-8-4-6(12)2-3-7(8)10(16)21-9(11(13,14)15)5-22(17,18)19/h2-4,9H,5H2,1H3,(H,17,18,19). The van der Waals surface area contributed by atoms with Crippen LogP contribution in [0.4, 0.5) is 13.2 Å². The zero-order valence-corrected chi connectivity index (χ0v) is 13.3. The smallest absolute Gasteiger partial charge is 0.426 e. The molecule has 0 saturated heterocycles. The Hall–Kier alpha value is -1.33. The summed E-state index contributed by atoms with van der Waals surface area (Å²) in [7, 11) is -3.80. The van der Waals surface area contributed by atoms with Crippen LogP contribution in [0.1, 0.15) is 10.4 Å². The average Bonchev–Trinajstić information content (AvgIpc) is 2.34. The van der Waals surface area contributed by atoms with Gasteiger partial charge in [0.15, 0.2) is 0 Å². The van der Waals surface area contributed by atoms with E-state index in [-0.39, 0.29) is 11.3 Å². The Bertz CT molecular complexity index is 658. The molecule has 1 atom stereocenters. The van der Waals surface area contributed by atoms with Crippen LogP contribution >= 0.6 is 15.9 Å². The van der Waals surface area contributed by atoms with Gasteiger partial charge in [-0.25, -0.2) is 4.79 Å². The van der Waals surface area contributed by atoms with Crippen molar-refractivity contribution in [3.05, 3.63) is 28.2 Å². The minimum atomic E-state index is -5.16. The summed E-state index contributed by atoms with van der Waals surface area (Å²) in [6.45, 7) is 0. The van der Waals surface area contributed by atoms with Gasteiger partial charge in [-0.15, -0.1) is 0 Å². The molecular formula is C11H10BrF3O6S. The highest BCUT2D eigenvalue weighted by Crippen LogP contribution is 2.28. The molecule has 22 heavy (non-hydrogen) atoms. The van der Waals surface area contributed by atoms with Crippen LogP contribution in [0.2, 0.25) is 0 Å². The van der Waals surface area contributed by atoms with E-state index in [0.717, 1.165) is 6.07 Å². The van der Waals surface area contributed by atoms with Crippen LogP contribution in [0.5, 0.6) is 5.75 Å². The molecule has 0 spiro atoms. The second-order valence-electron chi connectivity index (χ2n) is 4.03. The first-order valence-corrected chi connectivity index (χ1v) is 7.90. The largest absolute Gasteiger partial charge is 0.496 e. The third kappa shape index (κ3) is 5.46. The summed E-state index contributed by atoms with van der Waals surface area (Å²) in [6.07, 6.45) is -8.16. The van der Waals surface area contributed by atoms with Crippen molar-refractivity contribution in [2.75, 3.05) is 12.9 Å². The summed E-state index contributed by atoms with van der Waals surface area (Å²) in [6, 6.07) is 3.83. The number of esters is 1. The summed E-state index contributed by atoms with van der Waals surface area (Å²) < 4.78 is 77.3. The van der Waals surface area contributed by atoms with E-state index < -0.39 is 34.1 Å². The number of hydrogen-bond donors (Lipinski definition) is 1. The monoisotopic (exact) mass is 406 g/mol. The van der Waals surface area contributed by atoms with Crippen LogP contribution in [0.3, 0.4) is 0 Å². The van der Waals surface area contributed by atoms with E-state index in [0.29, 0.717) is 4.47 Å². The molecule has 0 saturated carbocycles. The van der Waals surface area contributed by atoms with Gasteiger partial charge < -0.3 is 9.47 Å². The van der Waals surface area contributed by atoms with Crippen molar-refractivity contribution in [1.82, 2.24) is 0 Å². The molecule has 0 aliphatic heterocycles. The highest BCUT2D eigenvalue weighted by atomic mass is 79.9. The number of hydrogen-bond acceptors (Lipinski definition) is 5. The molecule has 0 aliphatic carbocycles. The molecule has 0 aromatic heterocycles. The molecular weight excluding hydrogens is 397 g/mol. The predicted octanol–water partition coefficient (Wildman–Crippen LogP) is 2.43. The highest BCUT2D eigenvalue weighted by Gasteiger charge is 2.45. The van der Waals surface area contributed by atoms with E-state index in [4.69, 9.17) is 9.29 Å². The van der Waals surface area contributed by atoms with Crippen molar-refractivity contribution in [3.63, 3.8) is 0 Å². The zero-order chi connectivity index (χ0) is 17.1. The number of benzene rings is 1. The number of halogens is 4. The van der Waals surface area contributed by atoms with Crippen molar-refractivity contribution in [1.29, 1.82) is 0 Å². The fourth-order valence-electron chi connectivity index (χ4n) is 1.41. The van der Waals surface area contributed by atoms with Gasteiger partial charge in [-0.3, -0.25) is 4.55 Å². The first kappa shape index (κ1) is 18.7. The molecule has 6 nitrogen and oxygen atoms in total. The third-order valence-electron chi connectivity index (χ3n) is 2.36. The van der Waals surface area contributed by atoms with Gasteiger partial charge in [0.05, 0.1) is 7.11 Å². The Morgan fingerprint density at radius 2 is 2.00 bits per heavy atom. The number of carbonyl (C=O) groups excluding carboxylic acids is 1. The van der Waals surface area contributed by atoms with Crippen molar-refractivity contribution in [3.8, 4) is 5.75 Å². The third-order valence-corrected chi connectivity index (χ3v) is 3.58. The molecule has 124 valence electrons. The second-order valence-corrected chi connectivity index (χ2v) is 6.44. The Morgan fingerprint density at radius 3 is 2.45 bits per heavy atom. The Morgan fingerprint density at radius 1 is 1.41 bits per heavy atom. The summed E-state index contributed by atoms with van der Waals surface area (Å²) in [5.41, 5.74) is -0.324. The zero-order valence-electron chi connectivity index (χ0n) is 10.9. The Balaban J connectivity index is 3.06. The van der Waals surface area contributed by atoms with Crippen LogP contribution < -0.4 is 4.74 Å². The van der Waals surface area contributed by atoms with Crippen molar-refractivity contribution < 1.29 is 40.4 Å². The molecule has 0 amide bonds. The number of methoxy groups -OCH3 is 1. The first-order valence-electron chi connectivity index (χ1n) is 5.50. The lowest BCUT2D eigenvalue weighted by molar-refractivity contribution is -0.197. The topological polar surface area (TPSA) is 89.9 Å². The molecule has 1 unspecified atom stereocenters. The number of rotatable bonds is 5. The van der Waals surface area contributed by atoms with Crippen molar-refractivity contribution >= 4 is 32.0 Å². The molecule has 11 heteroatoms. The summed E-state index contributed by atoms with van der Waals surface area (Å²) in [4.78, 5) is 11.8. The van der Waals surface area contributed by atoms with Gasteiger partial charge in [-0.2, -0.15) is 21.6 Å². The van der Waals surface area contributed by atoms with Crippen LogP contribution in [0.25, 0.3) is 0 Å². The Kier molecular flexibility index (Phi) is 5.82. The SMILES string of the molecule is COc1cc(Br)ccc1C(=O)OC(CS(=O)(=O)O)C(F)(F)F. The lowest BCUT2D eigenvalue weighted by Gasteiger charge is -2.20. The summed E-state index contributed by atoms with van der Waals surface area (Å²) >= 11 is 3.08. The van der Waals surface area contributed by atoms with E-state index in [1.807, 2.05) is 0 Å². The minimum Gasteiger partial charge on any atom is -0.496 e. The molecule has 1 N–H and O–H groups in total. The van der Waals surface area contributed by atoms with E-state index in [2.05, 4.69) is 20.7 Å². The van der Waals surface area contributed by atoms with Crippen molar-refractivity contribution in [2.24, 2.45) is 0 Å². The number of ether oxygens (including phenoxy) is 2. The lowest BCUT2D eigenvalue weighted by atomic mass is 10.2. The van der Waals surface area contributed by atoms with Crippen LogP contribution in [-0.4, -0.2) is 44.1 Å². The van der Waals surface area contributed by atoms with E-state index in [1.54, 1.807) is 0 Å².